The van der Waals surface area contributed by atoms with Gasteiger partial charge in [-0.3, -0.25) is 0 Å². The van der Waals surface area contributed by atoms with Crippen molar-refractivity contribution in [3.8, 4) is 10.6 Å². The molecule has 8 heteroatoms. The van der Waals surface area contributed by atoms with Crippen LogP contribution in [0.1, 0.15) is 37.8 Å². The first-order chi connectivity index (χ1) is 14.3. The number of unbranched alkanes of at least 4 members (excludes halogenated alkanes) is 1. The van der Waals surface area contributed by atoms with Gasteiger partial charge in [0.15, 0.2) is 5.82 Å². The number of halogens is 3. The summed E-state index contributed by atoms with van der Waals surface area (Å²) in [5.41, 5.74) is 1.21. The SMILES string of the molecule is CCN(CC)CCCCNc1nc2cc(C(F)(F)F)cc(C)c2nc1-c1cccs1. The first-order valence-corrected chi connectivity index (χ1v) is 11.1. The van der Waals surface area contributed by atoms with E-state index in [2.05, 4.69) is 29.0 Å². The fraction of sp³-hybridized carbons (Fsp3) is 0.455. The highest BCUT2D eigenvalue weighted by molar-refractivity contribution is 7.13. The van der Waals surface area contributed by atoms with Gasteiger partial charge in [0.2, 0.25) is 0 Å². The molecule has 1 aromatic carbocycles. The summed E-state index contributed by atoms with van der Waals surface area (Å²) in [7, 11) is 0. The molecule has 0 atom stereocenters. The molecule has 1 N–H and O–H groups in total. The Hall–Kier alpha value is -2.19. The molecule has 0 spiro atoms. The van der Waals surface area contributed by atoms with E-state index < -0.39 is 11.7 Å². The fourth-order valence-corrected chi connectivity index (χ4v) is 4.12. The summed E-state index contributed by atoms with van der Waals surface area (Å²) in [5, 5.41) is 5.27. The van der Waals surface area contributed by atoms with E-state index in [1.54, 1.807) is 6.92 Å². The highest BCUT2D eigenvalue weighted by atomic mass is 32.1. The zero-order valence-electron chi connectivity index (χ0n) is 17.5. The molecule has 2 aromatic heterocycles. The van der Waals surface area contributed by atoms with E-state index in [1.807, 2.05) is 17.5 Å². The van der Waals surface area contributed by atoms with Gasteiger partial charge in [0.05, 0.1) is 21.5 Å². The molecule has 0 aliphatic carbocycles. The molecule has 0 saturated carbocycles. The van der Waals surface area contributed by atoms with Gasteiger partial charge in [-0.1, -0.05) is 19.9 Å². The zero-order valence-corrected chi connectivity index (χ0v) is 18.3. The number of aryl methyl sites for hydroxylation is 1. The van der Waals surface area contributed by atoms with Gasteiger partial charge in [0, 0.05) is 6.54 Å². The molecular formula is C22H27F3N4S. The Morgan fingerprint density at radius 3 is 2.50 bits per heavy atom. The monoisotopic (exact) mass is 436 g/mol. The highest BCUT2D eigenvalue weighted by Gasteiger charge is 2.31. The molecule has 0 aliphatic rings. The summed E-state index contributed by atoms with van der Waals surface area (Å²) in [6, 6.07) is 6.10. The second kappa shape index (κ2) is 9.75. The molecule has 0 unspecified atom stereocenters. The molecule has 3 aromatic rings. The van der Waals surface area contributed by atoms with Crippen molar-refractivity contribution in [2.24, 2.45) is 0 Å². The second-order valence-corrected chi connectivity index (χ2v) is 8.17. The quantitative estimate of drug-likeness (QED) is 0.404. The van der Waals surface area contributed by atoms with Gasteiger partial charge in [0.25, 0.3) is 0 Å². The van der Waals surface area contributed by atoms with Crippen molar-refractivity contribution >= 4 is 28.2 Å². The number of alkyl halides is 3. The number of benzene rings is 1. The van der Waals surface area contributed by atoms with Crippen LogP contribution in [-0.2, 0) is 6.18 Å². The number of thiophene rings is 1. The average molecular weight is 437 g/mol. The second-order valence-electron chi connectivity index (χ2n) is 7.22. The van der Waals surface area contributed by atoms with Gasteiger partial charge < -0.3 is 10.2 Å². The van der Waals surface area contributed by atoms with E-state index in [9.17, 15) is 13.2 Å². The Morgan fingerprint density at radius 1 is 1.10 bits per heavy atom. The summed E-state index contributed by atoms with van der Waals surface area (Å²) in [6.07, 6.45) is -2.42. The molecule has 0 radical (unpaired) electrons. The zero-order chi connectivity index (χ0) is 21.7. The van der Waals surface area contributed by atoms with Crippen LogP contribution < -0.4 is 5.32 Å². The molecule has 3 rings (SSSR count). The smallest absolute Gasteiger partial charge is 0.368 e. The van der Waals surface area contributed by atoms with E-state index >= 15 is 0 Å². The fourth-order valence-electron chi connectivity index (χ4n) is 3.41. The third-order valence-corrected chi connectivity index (χ3v) is 6.01. The van der Waals surface area contributed by atoms with Gasteiger partial charge in [-0.15, -0.1) is 11.3 Å². The number of nitrogens with one attached hydrogen (secondary N) is 1. The summed E-state index contributed by atoms with van der Waals surface area (Å²) in [4.78, 5) is 12.6. The number of hydrogen-bond donors (Lipinski definition) is 1. The molecular weight excluding hydrogens is 409 g/mol. The number of rotatable bonds is 9. The van der Waals surface area contributed by atoms with Crippen LogP contribution in [0.25, 0.3) is 21.6 Å². The summed E-state index contributed by atoms with van der Waals surface area (Å²) < 4.78 is 39.7. The van der Waals surface area contributed by atoms with Crippen molar-refractivity contribution < 1.29 is 13.2 Å². The van der Waals surface area contributed by atoms with E-state index in [1.165, 1.54) is 11.3 Å². The first kappa shape index (κ1) is 22.5. The van der Waals surface area contributed by atoms with Crippen LogP contribution in [0.3, 0.4) is 0 Å². The number of aromatic nitrogens is 2. The predicted molar refractivity (Wildman–Crippen MR) is 118 cm³/mol. The van der Waals surface area contributed by atoms with Crippen molar-refractivity contribution in [2.75, 3.05) is 31.5 Å². The van der Waals surface area contributed by atoms with Crippen molar-refractivity contribution in [3.05, 3.63) is 40.8 Å². The molecule has 0 amide bonds. The molecule has 4 nitrogen and oxygen atoms in total. The minimum absolute atomic E-state index is 0.258. The normalized spacial score (nSPS) is 12.1. The number of anilines is 1. The summed E-state index contributed by atoms with van der Waals surface area (Å²) in [6.45, 7) is 9.73. The predicted octanol–water partition coefficient (Wildman–Crippen LogP) is 6.22. The lowest BCUT2D eigenvalue weighted by molar-refractivity contribution is -0.137. The Morgan fingerprint density at radius 2 is 1.87 bits per heavy atom. The van der Waals surface area contributed by atoms with E-state index in [0.717, 1.165) is 49.5 Å². The van der Waals surface area contributed by atoms with Gasteiger partial charge in [-0.05, 0) is 68.5 Å². The maximum absolute atomic E-state index is 13.2. The van der Waals surface area contributed by atoms with Crippen LogP contribution in [0.2, 0.25) is 0 Å². The largest absolute Gasteiger partial charge is 0.416 e. The number of nitrogens with zero attached hydrogens (tertiary/aromatic N) is 3. The Balaban J connectivity index is 1.87. The lowest BCUT2D eigenvalue weighted by Gasteiger charge is -2.18. The maximum atomic E-state index is 13.2. The molecule has 0 bridgehead atoms. The Labute approximate surface area is 179 Å². The van der Waals surface area contributed by atoms with Crippen LogP contribution in [-0.4, -0.2) is 41.0 Å². The first-order valence-electron chi connectivity index (χ1n) is 10.2. The molecule has 30 heavy (non-hydrogen) atoms. The lowest BCUT2D eigenvalue weighted by atomic mass is 10.1. The lowest BCUT2D eigenvalue weighted by Crippen LogP contribution is -2.24. The highest BCUT2D eigenvalue weighted by Crippen LogP contribution is 2.35. The summed E-state index contributed by atoms with van der Waals surface area (Å²) >= 11 is 1.54. The minimum Gasteiger partial charge on any atom is -0.368 e. The van der Waals surface area contributed by atoms with Crippen molar-refractivity contribution in [3.63, 3.8) is 0 Å². The third kappa shape index (κ3) is 5.29. The molecule has 2 heterocycles. The molecule has 0 fully saturated rings. The molecule has 162 valence electrons. The number of hydrogen-bond acceptors (Lipinski definition) is 5. The maximum Gasteiger partial charge on any atom is 0.416 e. The van der Waals surface area contributed by atoms with Crippen LogP contribution in [0.15, 0.2) is 29.6 Å². The summed E-state index contributed by atoms with van der Waals surface area (Å²) in [5.74, 6) is 0.534. The standard InChI is InChI=1S/C22H27F3N4S/c1-4-29(5-2)11-7-6-10-26-21-20(18-9-8-12-30-18)28-19-15(3)13-16(22(23,24)25)14-17(19)27-21/h8-9,12-14H,4-7,10-11H2,1-3H3,(H,26,27). The van der Waals surface area contributed by atoms with Crippen LogP contribution in [0.4, 0.5) is 19.0 Å². The Kier molecular flexibility index (Phi) is 7.31. The molecule has 0 aliphatic heterocycles. The van der Waals surface area contributed by atoms with Crippen LogP contribution in [0, 0.1) is 6.92 Å². The average Bonchev–Trinajstić information content (AvgIpc) is 3.24. The number of fused-ring (bicyclic) bond motifs is 1. The van der Waals surface area contributed by atoms with Crippen LogP contribution in [0.5, 0.6) is 0 Å². The minimum atomic E-state index is -4.41. The van der Waals surface area contributed by atoms with Gasteiger partial charge >= 0.3 is 6.18 Å². The van der Waals surface area contributed by atoms with Crippen LogP contribution >= 0.6 is 11.3 Å². The third-order valence-electron chi connectivity index (χ3n) is 5.13. The van der Waals surface area contributed by atoms with Crippen molar-refractivity contribution in [1.82, 2.24) is 14.9 Å². The van der Waals surface area contributed by atoms with E-state index in [4.69, 9.17) is 4.98 Å². The topological polar surface area (TPSA) is 41.0 Å². The Bertz CT molecular complexity index is 967. The van der Waals surface area contributed by atoms with Crippen molar-refractivity contribution in [2.45, 2.75) is 39.8 Å². The molecule has 0 saturated heterocycles. The van der Waals surface area contributed by atoms with E-state index in [-0.39, 0.29) is 5.52 Å². The van der Waals surface area contributed by atoms with E-state index in [0.29, 0.717) is 29.1 Å². The van der Waals surface area contributed by atoms with Gasteiger partial charge in [0.1, 0.15) is 5.69 Å². The van der Waals surface area contributed by atoms with Crippen molar-refractivity contribution in [1.29, 1.82) is 0 Å². The van der Waals surface area contributed by atoms with Gasteiger partial charge in [-0.25, -0.2) is 9.97 Å². The van der Waals surface area contributed by atoms with Gasteiger partial charge in [-0.2, -0.15) is 13.2 Å².